The fraction of sp³-hybridized carbons (Fsp3) is 0.846. The van der Waals surface area contributed by atoms with Crippen molar-refractivity contribution in [2.45, 2.75) is 72.5 Å². The van der Waals surface area contributed by atoms with Gasteiger partial charge in [0.25, 0.3) is 0 Å². The molecule has 0 atom stereocenters. The van der Waals surface area contributed by atoms with E-state index in [9.17, 15) is 9.59 Å². The van der Waals surface area contributed by atoms with E-state index in [1.165, 1.54) is 0 Å². The summed E-state index contributed by atoms with van der Waals surface area (Å²) in [6.45, 7) is 13.5. The number of hydrogen-bond donors (Lipinski definition) is 2. The highest BCUT2D eigenvalue weighted by atomic mass is 16.4. The van der Waals surface area contributed by atoms with E-state index in [-0.39, 0.29) is 12.8 Å². The van der Waals surface area contributed by atoms with Crippen molar-refractivity contribution in [1.82, 2.24) is 4.90 Å². The van der Waals surface area contributed by atoms with Crippen LogP contribution in [-0.4, -0.2) is 45.2 Å². The summed E-state index contributed by atoms with van der Waals surface area (Å²) in [7, 11) is 0. The molecule has 108 valence electrons. The van der Waals surface area contributed by atoms with Crippen LogP contribution < -0.4 is 0 Å². The fourth-order valence-electron chi connectivity index (χ4n) is 2.00. The molecular formula is C13H27NO4. The first-order chi connectivity index (χ1) is 8.09. The Hall–Kier alpha value is -1.10. The summed E-state index contributed by atoms with van der Waals surface area (Å²) in [6.07, 6.45) is -0.593. The molecule has 0 aromatic heterocycles. The van der Waals surface area contributed by atoms with Gasteiger partial charge in [-0.3, -0.25) is 14.5 Å². The van der Waals surface area contributed by atoms with Gasteiger partial charge in [-0.15, -0.1) is 0 Å². The lowest BCUT2D eigenvalue weighted by atomic mass is 10.2. The van der Waals surface area contributed by atoms with E-state index in [2.05, 4.69) is 46.4 Å². The summed E-state index contributed by atoms with van der Waals surface area (Å²) in [5.41, 5.74) is 0. The number of carboxylic acids is 2. The molecule has 18 heavy (non-hydrogen) atoms. The summed E-state index contributed by atoms with van der Waals surface area (Å²) < 4.78 is 0. The maximum absolute atomic E-state index is 9.64. The minimum Gasteiger partial charge on any atom is -0.481 e. The van der Waals surface area contributed by atoms with Gasteiger partial charge in [0.15, 0.2) is 0 Å². The monoisotopic (exact) mass is 261 g/mol. The van der Waals surface area contributed by atoms with Gasteiger partial charge in [-0.2, -0.15) is 0 Å². The Morgan fingerprint density at radius 1 is 0.778 bits per heavy atom. The number of nitrogens with zero attached hydrogens (tertiary/aromatic N) is 1. The molecule has 0 rings (SSSR count). The van der Waals surface area contributed by atoms with Crippen LogP contribution in [0.5, 0.6) is 0 Å². The zero-order valence-corrected chi connectivity index (χ0v) is 12.3. The predicted octanol–water partition coefficient (Wildman–Crippen LogP) is 2.45. The molecule has 0 aliphatic carbocycles. The fourth-order valence-corrected chi connectivity index (χ4v) is 2.00. The standard InChI is InChI=1S/C9H21N.C4H6O4/c1-7(2)10(8(3)4)9(5)6;5-3(6)1-2-4(7)8/h7-9H,1-6H3;1-2H2,(H,5,6)(H,7,8). The highest BCUT2D eigenvalue weighted by Crippen LogP contribution is 2.09. The Morgan fingerprint density at radius 3 is 1.06 bits per heavy atom. The minimum atomic E-state index is -1.08. The van der Waals surface area contributed by atoms with Gasteiger partial charge < -0.3 is 10.2 Å². The van der Waals surface area contributed by atoms with E-state index in [1.807, 2.05) is 0 Å². The molecule has 0 bridgehead atoms. The van der Waals surface area contributed by atoms with Crippen molar-refractivity contribution in [1.29, 1.82) is 0 Å². The molecule has 0 unspecified atom stereocenters. The molecule has 0 radical (unpaired) electrons. The molecule has 5 nitrogen and oxygen atoms in total. The zero-order chi connectivity index (χ0) is 14.9. The summed E-state index contributed by atoms with van der Waals surface area (Å²) in [4.78, 5) is 21.8. The average molecular weight is 261 g/mol. The number of carboxylic acid groups (broad SMARTS) is 2. The van der Waals surface area contributed by atoms with Crippen LogP contribution in [0.3, 0.4) is 0 Å². The van der Waals surface area contributed by atoms with Gasteiger partial charge >= 0.3 is 11.9 Å². The summed E-state index contributed by atoms with van der Waals surface area (Å²) in [5.74, 6) is -2.15. The maximum Gasteiger partial charge on any atom is 0.303 e. The lowest BCUT2D eigenvalue weighted by molar-refractivity contribution is -0.143. The first-order valence-corrected chi connectivity index (χ1v) is 6.30. The van der Waals surface area contributed by atoms with Gasteiger partial charge in [-0.05, 0) is 41.5 Å². The molecule has 0 heterocycles. The number of rotatable bonds is 6. The Labute approximate surface area is 110 Å². The second kappa shape index (κ2) is 9.88. The van der Waals surface area contributed by atoms with Gasteiger partial charge in [0.05, 0.1) is 12.8 Å². The van der Waals surface area contributed by atoms with Crippen molar-refractivity contribution in [2.24, 2.45) is 0 Å². The normalized spacial score (nSPS) is 10.8. The first-order valence-electron chi connectivity index (χ1n) is 6.30. The average Bonchev–Trinajstić information content (AvgIpc) is 2.13. The number of aliphatic carboxylic acids is 2. The third-order valence-corrected chi connectivity index (χ3v) is 2.34. The van der Waals surface area contributed by atoms with E-state index >= 15 is 0 Å². The van der Waals surface area contributed by atoms with Crippen molar-refractivity contribution in [2.75, 3.05) is 0 Å². The summed E-state index contributed by atoms with van der Waals surface area (Å²) in [5, 5.41) is 15.8. The quantitative estimate of drug-likeness (QED) is 0.768. The Morgan fingerprint density at radius 2 is 1.00 bits per heavy atom. The number of carbonyl (C=O) groups is 2. The largest absolute Gasteiger partial charge is 0.481 e. The maximum atomic E-state index is 9.64. The first kappa shape index (κ1) is 19.2. The van der Waals surface area contributed by atoms with Crippen LogP contribution in [0.2, 0.25) is 0 Å². The molecule has 0 aliphatic rings. The van der Waals surface area contributed by atoms with Crippen LogP contribution in [0.15, 0.2) is 0 Å². The van der Waals surface area contributed by atoms with Gasteiger partial charge in [-0.1, -0.05) is 0 Å². The van der Waals surface area contributed by atoms with E-state index in [1.54, 1.807) is 0 Å². The van der Waals surface area contributed by atoms with Crippen molar-refractivity contribution in [3.63, 3.8) is 0 Å². The van der Waals surface area contributed by atoms with E-state index in [0.29, 0.717) is 18.1 Å². The molecular weight excluding hydrogens is 234 g/mol. The Kier molecular flexibility index (Phi) is 10.6. The molecule has 5 heteroatoms. The van der Waals surface area contributed by atoms with Crippen LogP contribution in [0, 0.1) is 0 Å². The van der Waals surface area contributed by atoms with Crippen LogP contribution >= 0.6 is 0 Å². The SMILES string of the molecule is CC(C)N(C(C)C)C(C)C.O=C(O)CCC(=O)O. The molecule has 0 aromatic rings. The molecule has 0 spiro atoms. The molecule has 0 aromatic carbocycles. The Balaban J connectivity index is 0. The third-order valence-electron chi connectivity index (χ3n) is 2.34. The van der Waals surface area contributed by atoms with E-state index in [0.717, 1.165) is 0 Å². The molecule has 0 amide bonds. The highest BCUT2D eigenvalue weighted by molar-refractivity contribution is 5.75. The molecule has 0 fully saturated rings. The molecule has 2 N–H and O–H groups in total. The molecule has 0 aliphatic heterocycles. The van der Waals surface area contributed by atoms with Gasteiger partial charge in [0, 0.05) is 18.1 Å². The van der Waals surface area contributed by atoms with Crippen LogP contribution in [0.1, 0.15) is 54.4 Å². The van der Waals surface area contributed by atoms with Gasteiger partial charge in [0.2, 0.25) is 0 Å². The van der Waals surface area contributed by atoms with E-state index < -0.39 is 11.9 Å². The second-order valence-electron chi connectivity index (χ2n) is 5.02. The molecule has 0 saturated carbocycles. The highest BCUT2D eigenvalue weighted by Gasteiger charge is 2.15. The molecule has 0 saturated heterocycles. The smallest absolute Gasteiger partial charge is 0.303 e. The summed E-state index contributed by atoms with van der Waals surface area (Å²) in [6, 6.07) is 2.00. The van der Waals surface area contributed by atoms with Crippen LogP contribution in [0.4, 0.5) is 0 Å². The minimum absolute atomic E-state index is 0.296. The topological polar surface area (TPSA) is 77.8 Å². The van der Waals surface area contributed by atoms with Gasteiger partial charge in [0.1, 0.15) is 0 Å². The second-order valence-corrected chi connectivity index (χ2v) is 5.02. The van der Waals surface area contributed by atoms with Crippen molar-refractivity contribution < 1.29 is 19.8 Å². The van der Waals surface area contributed by atoms with E-state index in [4.69, 9.17) is 10.2 Å². The number of hydrogen-bond acceptors (Lipinski definition) is 3. The third kappa shape index (κ3) is 11.4. The van der Waals surface area contributed by atoms with Crippen molar-refractivity contribution in [3.8, 4) is 0 Å². The zero-order valence-electron chi connectivity index (χ0n) is 12.3. The lowest BCUT2D eigenvalue weighted by Crippen LogP contribution is -2.42. The predicted molar refractivity (Wildman–Crippen MR) is 71.8 cm³/mol. The van der Waals surface area contributed by atoms with Crippen LogP contribution in [-0.2, 0) is 9.59 Å². The Bertz CT molecular complexity index is 216. The lowest BCUT2D eigenvalue weighted by Gasteiger charge is -2.34. The van der Waals surface area contributed by atoms with Gasteiger partial charge in [-0.25, -0.2) is 0 Å². The van der Waals surface area contributed by atoms with Crippen LogP contribution in [0.25, 0.3) is 0 Å². The summed E-state index contributed by atoms with van der Waals surface area (Å²) >= 11 is 0. The van der Waals surface area contributed by atoms with Crippen molar-refractivity contribution >= 4 is 11.9 Å². The van der Waals surface area contributed by atoms with Crippen molar-refractivity contribution in [3.05, 3.63) is 0 Å².